The van der Waals surface area contributed by atoms with Gasteiger partial charge < -0.3 is 4.90 Å². The van der Waals surface area contributed by atoms with Gasteiger partial charge in [0, 0.05) is 18.5 Å². The third-order valence-corrected chi connectivity index (χ3v) is 13.4. The minimum Gasteiger partial charge on any atom is -0.338 e. The summed E-state index contributed by atoms with van der Waals surface area (Å²) in [5.74, 6) is -1.70. The van der Waals surface area contributed by atoms with Crippen molar-refractivity contribution in [3.05, 3.63) is 65.0 Å². The Morgan fingerprint density at radius 2 is 1.50 bits per heavy atom. The fraction of sp³-hybridized carbons (Fsp3) is 0.536. The fourth-order valence-electron chi connectivity index (χ4n) is 6.86. The van der Waals surface area contributed by atoms with Crippen LogP contribution in [0.5, 0.6) is 0 Å². The van der Waals surface area contributed by atoms with Gasteiger partial charge in [0.15, 0.2) is 9.84 Å². The standard InChI is InChI=1S/C28H27F8NO5S2/c29-20-3-5-21(6-4-20)44(41,42)25-11-12-37(24(38)15-17-9-13-43(39,40)14-10-17)23(25)8-1-18-16-19(2-7-22(18)25)26(30,27(31,32)33)28(34,35)36/h2-7,16-17,23H,1,8-15H2/t23-,25-/m1/s1. The number of aryl methyl sites for hydroxylation is 1. The number of amides is 1. The highest BCUT2D eigenvalue weighted by molar-refractivity contribution is 7.92. The molecule has 6 nitrogen and oxygen atoms in total. The summed E-state index contributed by atoms with van der Waals surface area (Å²) >= 11 is 0. The van der Waals surface area contributed by atoms with Gasteiger partial charge in [-0.15, -0.1) is 0 Å². The molecular formula is C28H27F8NO5S2. The molecule has 0 unspecified atom stereocenters. The van der Waals surface area contributed by atoms with E-state index in [9.17, 15) is 56.8 Å². The summed E-state index contributed by atoms with van der Waals surface area (Å²) in [6, 6.07) is 4.03. The molecule has 2 saturated heterocycles. The van der Waals surface area contributed by atoms with Crippen molar-refractivity contribution in [2.75, 3.05) is 18.1 Å². The van der Waals surface area contributed by atoms with E-state index in [-0.39, 0.29) is 84.6 Å². The second kappa shape index (κ2) is 10.7. The van der Waals surface area contributed by atoms with Gasteiger partial charge in [0.25, 0.3) is 0 Å². The zero-order valence-electron chi connectivity index (χ0n) is 22.9. The summed E-state index contributed by atoms with van der Waals surface area (Å²) in [6.45, 7) is -0.131. The van der Waals surface area contributed by atoms with Crippen LogP contribution in [0.2, 0.25) is 0 Å². The average Bonchev–Trinajstić information content (AvgIpc) is 3.34. The van der Waals surface area contributed by atoms with Crippen LogP contribution < -0.4 is 0 Å². The summed E-state index contributed by atoms with van der Waals surface area (Å²) in [5.41, 5.74) is -7.87. The fourth-order valence-corrected chi connectivity index (χ4v) is 10.8. The van der Waals surface area contributed by atoms with Gasteiger partial charge in [-0.25, -0.2) is 25.6 Å². The summed E-state index contributed by atoms with van der Waals surface area (Å²) in [7, 11) is -7.81. The lowest BCUT2D eigenvalue weighted by molar-refractivity contribution is -0.348. The molecule has 2 fully saturated rings. The van der Waals surface area contributed by atoms with Gasteiger partial charge in [-0.05, 0) is 73.4 Å². The predicted octanol–water partition coefficient (Wildman–Crippen LogP) is 5.55. The zero-order valence-corrected chi connectivity index (χ0v) is 24.5. The van der Waals surface area contributed by atoms with Crippen molar-refractivity contribution >= 4 is 25.6 Å². The number of hydrogen-bond donors (Lipinski definition) is 0. The molecule has 0 spiro atoms. The highest BCUT2D eigenvalue weighted by atomic mass is 32.2. The molecule has 0 saturated carbocycles. The Hall–Kier alpha value is -2.75. The highest BCUT2D eigenvalue weighted by Crippen LogP contribution is 2.56. The number of likely N-dealkylation sites (tertiary alicyclic amines) is 1. The Bertz CT molecular complexity index is 1640. The van der Waals surface area contributed by atoms with Crippen LogP contribution in [0.15, 0.2) is 47.4 Å². The number of alkyl halides is 7. The Balaban J connectivity index is 1.60. The minimum atomic E-state index is -6.37. The SMILES string of the molecule is O=C(CC1CCS(=O)(=O)CC1)N1CC[C@@]2(S(=O)(=O)c3ccc(F)cc3)c3ccc(C(F)(C(F)(F)F)C(F)(F)F)cc3CC[C@@H]12. The van der Waals surface area contributed by atoms with Gasteiger partial charge in [0.05, 0.1) is 22.4 Å². The van der Waals surface area contributed by atoms with Gasteiger partial charge in [-0.2, -0.15) is 26.3 Å². The number of nitrogens with zero attached hydrogens (tertiary/aromatic N) is 1. The minimum absolute atomic E-state index is 0.0774. The number of rotatable bonds is 5. The molecule has 242 valence electrons. The molecule has 0 N–H and O–H groups in total. The van der Waals surface area contributed by atoms with E-state index in [4.69, 9.17) is 0 Å². The van der Waals surface area contributed by atoms with E-state index >= 15 is 0 Å². The van der Waals surface area contributed by atoms with Crippen LogP contribution in [0.25, 0.3) is 0 Å². The third kappa shape index (κ3) is 5.09. The normalized spacial score (nSPS) is 24.5. The Kier molecular flexibility index (Phi) is 7.91. The predicted molar refractivity (Wildman–Crippen MR) is 141 cm³/mol. The van der Waals surface area contributed by atoms with Crippen molar-refractivity contribution in [3.8, 4) is 0 Å². The van der Waals surface area contributed by atoms with E-state index in [1.807, 2.05) is 0 Å². The summed E-state index contributed by atoms with van der Waals surface area (Å²) in [4.78, 5) is 14.5. The van der Waals surface area contributed by atoms with Crippen LogP contribution in [-0.4, -0.2) is 64.1 Å². The number of hydrogen-bond acceptors (Lipinski definition) is 5. The van der Waals surface area contributed by atoms with Crippen LogP contribution in [0.1, 0.15) is 48.8 Å². The Morgan fingerprint density at radius 1 is 0.909 bits per heavy atom. The zero-order chi connectivity index (χ0) is 32.5. The van der Waals surface area contributed by atoms with Crippen LogP contribution in [0, 0.1) is 11.7 Å². The number of benzene rings is 2. The average molecular weight is 674 g/mol. The van der Waals surface area contributed by atoms with Crippen molar-refractivity contribution in [3.63, 3.8) is 0 Å². The maximum absolute atomic E-state index is 15.0. The second-order valence-corrected chi connectivity index (χ2v) is 16.1. The van der Waals surface area contributed by atoms with Crippen molar-refractivity contribution in [2.45, 2.75) is 72.2 Å². The molecule has 0 radical (unpaired) electrons. The van der Waals surface area contributed by atoms with Crippen molar-refractivity contribution in [2.24, 2.45) is 5.92 Å². The number of carbonyl (C=O) groups is 1. The van der Waals surface area contributed by atoms with Crippen LogP contribution in [-0.2, 0) is 41.3 Å². The molecule has 2 aromatic carbocycles. The van der Waals surface area contributed by atoms with Crippen molar-refractivity contribution < 1.29 is 56.8 Å². The third-order valence-electron chi connectivity index (χ3n) is 9.13. The summed E-state index contributed by atoms with van der Waals surface area (Å²) in [5, 5.41) is 0. The first-order valence-electron chi connectivity index (χ1n) is 13.7. The topological polar surface area (TPSA) is 88.6 Å². The quantitative estimate of drug-likeness (QED) is 0.307. The smallest absolute Gasteiger partial charge is 0.338 e. The first-order valence-corrected chi connectivity index (χ1v) is 17.0. The van der Waals surface area contributed by atoms with E-state index in [1.54, 1.807) is 0 Å². The first kappa shape index (κ1) is 32.6. The molecule has 2 aromatic rings. The maximum atomic E-state index is 15.0. The van der Waals surface area contributed by atoms with Crippen molar-refractivity contribution in [1.29, 1.82) is 0 Å². The number of carbonyl (C=O) groups excluding carboxylic acids is 1. The van der Waals surface area contributed by atoms with E-state index < -0.39 is 65.8 Å². The molecule has 5 rings (SSSR count). The molecule has 44 heavy (non-hydrogen) atoms. The molecule has 2 aliphatic heterocycles. The van der Waals surface area contributed by atoms with E-state index in [1.165, 1.54) is 4.90 Å². The van der Waals surface area contributed by atoms with Crippen LogP contribution >= 0.6 is 0 Å². The lowest BCUT2D eigenvalue weighted by Gasteiger charge is -2.43. The Morgan fingerprint density at radius 3 is 2.07 bits per heavy atom. The van der Waals surface area contributed by atoms with Gasteiger partial charge in [-0.3, -0.25) is 4.79 Å². The van der Waals surface area contributed by atoms with Crippen molar-refractivity contribution in [1.82, 2.24) is 4.90 Å². The second-order valence-electron chi connectivity index (χ2n) is 11.6. The summed E-state index contributed by atoms with van der Waals surface area (Å²) < 4.78 is 160. The lowest BCUT2D eigenvalue weighted by atomic mass is 9.76. The molecule has 2 atom stereocenters. The maximum Gasteiger partial charge on any atom is 0.435 e. The number of halogens is 8. The van der Waals surface area contributed by atoms with E-state index in [0.717, 1.165) is 30.3 Å². The molecule has 1 aliphatic carbocycles. The first-order chi connectivity index (χ1) is 20.2. The molecule has 2 heterocycles. The molecule has 16 heteroatoms. The van der Waals surface area contributed by atoms with Gasteiger partial charge in [0.1, 0.15) is 20.4 Å². The number of fused-ring (bicyclic) bond motifs is 3. The molecule has 0 aromatic heterocycles. The number of sulfone groups is 2. The monoisotopic (exact) mass is 673 g/mol. The molecule has 1 amide bonds. The molecular weight excluding hydrogens is 646 g/mol. The van der Waals surface area contributed by atoms with Gasteiger partial charge in [-0.1, -0.05) is 18.2 Å². The highest BCUT2D eigenvalue weighted by Gasteiger charge is 2.74. The Labute approximate surface area is 248 Å². The van der Waals surface area contributed by atoms with Gasteiger partial charge >= 0.3 is 18.0 Å². The molecule has 3 aliphatic rings. The lowest BCUT2D eigenvalue weighted by Crippen LogP contribution is -2.53. The molecule has 0 bridgehead atoms. The van der Waals surface area contributed by atoms with Crippen LogP contribution in [0.4, 0.5) is 35.1 Å². The van der Waals surface area contributed by atoms with Gasteiger partial charge in [0.2, 0.25) is 5.91 Å². The van der Waals surface area contributed by atoms with E-state index in [2.05, 4.69) is 0 Å². The van der Waals surface area contributed by atoms with E-state index in [0.29, 0.717) is 6.07 Å². The summed E-state index contributed by atoms with van der Waals surface area (Å²) in [6.07, 6.45) is -13.1. The largest absolute Gasteiger partial charge is 0.435 e. The van der Waals surface area contributed by atoms with Crippen LogP contribution in [0.3, 0.4) is 0 Å².